The molecule has 4 unspecified atom stereocenters. The van der Waals surface area contributed by atoms with Crippen LogP contribution in [0.15, 0.2) is 0 Å². The molecule has 4 atom stereocenters. The second-order valence-corrected chi connectivity index (χ2v) is 9.57. The Morgan fingerprint density at radius 1 is 1.20 bits per heavy atom. The van der Waals surface area contributed by atoms with Crippen molar-refractivity contribution in [2.75, 3.05) is 32.4 Å². The maximum Gasteiger partial charge on any atom is 0.0116 e. The van der Waals surface area contributed by atoms with Crippen LogP contribution in [-0.4, -0.2) is 48.1 Å². The molecule has 2 rings (SSSR count). The predicted molar refractivity (Wildman–Crippen MR) is 91.5 cm³/mol. The van der Waals surface area contributed by atoms with Gasteiger partial charge in [-0.15, -0.1) is 0 Å². The van der Waals surface area contributed by atoms with E-state index in [9.17, 15) is 0 Å². The summed E-state index contributed by atoms with van der Waals surface area (Å²) in [6, 6.07) is 0.720. The molecule has 1 aliphatic carbocycles. The first-order valence-corrected chi connectivity index (χ1v) is 9.43. The Morgan fingerprint density at radius 3 is 2.65 bits per heavy atom. The van der Waals surface area contributed by atoms with Gasteiger partial charge in [0.2, 0.25) is 0 Å². The lowest BCUT2D eigenvalue weighted by Crippen LogP contribution is -2.48. The minimum Gasteiger partial charge on any atom is -0.317 e. The zero-order valence-electron chi connectivity index (χ0n) is 14.1. The zero-order chi connectivity index (χ0) is 14.8. The van der Waals surface area contributed by atoms with Crippen molar-refractivity contribution in [3.63, 3.8) is 0 Å². The van der Waals surface area contributed by atoms with Gasteiger partial charge in [0.1, 0.15) is 0 Å². The quantitative estimate of drug-likeness (QED) is 0.859. The van der Waals surface area contributed by atoms with Crippen LogP contribution in [0, 0.1) is 17.8 Å². The van der Waals surface area contributed by atoms with Gasteiger partial charge >= 0.3 is 0 Å². The molecule has 0 bridgehead atoms. The summed E-state index contributed by atoms with van der Waals surface area (Å²) >= 11 is 2.16. The van der Waals surface area contributed by atoms with Gasteiger partial charge < -0.3 is 10.2 Å². The van der Waals surface area contributed by atoms with Crippen molar-refractivity contribution >= 4 is 11.8 Å². The Bertz CT molecular complexity index is 305. The molecule has 3 heteroatoms. The molecular formula is C17H34N2S. The van der Waals surface area contributed by atoms with E-state index in [-0.39, 0.29) is 0 Å². The van der Waals surface area contributed by atoms with Gasteiger partial charge in [0.15, 0.2) is 0 Å². The van der Waals surface area contributed by atoms with Gasteiger partial charge in [0.25, 0.3) is 0 Å². The van der Waals surface area contributed by atoms with E-state index in [1.807, 2.05) is 0 Å². The summed E-state index contributed by atoms with van der Waals surface area (Å²) < 4.78 is 0.476. The van der Waals surface area contributed by atoms with Gasteiger partial charge in [-0.05, 0) is 50.6 Å². The lowest BCUT2D eigenvalue weighted by atomic mass is 9.72. The molecule has 1 aliphatic heterocycles. The monoisotopic (exact) mass is 298 g/mol. The lowest BCUT2D eigenvalue weighted by Gasteiger charge is -2.42. The highest BCUT2D eigenvalue weighted by molar-refractivity contribution is 8.00. The average molecular weight is 299 g/mol. The molecule has 0 amide bonds. The van der Waals surface area contributed by atoms with Gasteiger partial charge in [-0.25, -0.2) is 0 Å². The van der Waals surface area contributed by atoms with Crippen LogP contribution in [0.5, 0.6) is 0 Å². The van der Waals surface area contributed by atoms with Crippen molar-refractivity contribution in [2.24, 2.45) is 17.8 Å². The van der Waals surface area contributed by atoms with Gasteiger partial charge in [-0.3, -0.25) is 0 Å². The summed E-state index contributed by atoms with van der Waals surface area (Å²) in [5.41, 5.74) is 0. The molecular weight excluding hydrogens is 264 g/mol. The Balaban J connectivity index is 1.93. The molecule has 2 fully saturated rings. The van der Waals surface area contributed by atoms with Crippen LogP contribution < -0.4 is 5.32 Å². The van der Waals surface area contributed by atoms with Crippen LogP contribution >= 0.6 is 11.8 Å². The summed E-state index contributed by atoms with van der Waals surface area (Å²) in [7, 11) is 2.16. The van der Waals surface area contributed by atoms with Crippen molar-refractivity contribution in [3.05, 3.63) is 0 Å². The average Bonchev–Trinajstić information content (AvgIpc) is 2.53. The van der Waals surface area contributed by atoms with Crippen LogP contribution in [0.1, 0.15) is 47.0 Å². The van der Waals surface area contributed by atoms with Gasteiger partial charge in [-0.1, -0.05) is 27.7 Å². The van der Waals surface area contributed by atoms with Gasteiger partial charge in [0.05, 0.1) is 0 Å². The molecule has 1 saturated carbocycles. The SMILES string of the molecule is CNC1CC(C)CC(C)C1CN1CCSC(C)(C)CC1. The van der Waals surface area contributed by atoms with Crippen LogP contribution in [-0.2, 0) is 0 Å². The highest BCUT2D eigenvalue weighted by Gasteiger charge is 2.35. The van der Waals surface area contributed by atoms with Crippen LogP contribution in [0.4, 0.5) is 0 Å². The molecule has 0 radical (unpaired) electrons. The molecule has 2 aliphatic rings. The maximum atomic E-state index is 3.60. The molecule has 0 spiro atoms. The minimum absolute atomic E-state index is 0.476. The summed E-state index contributed by atoms with van der Waals surface area (Å²) in [6.07, 6.45) is 4.11. The largest absolute Gasteiger partial charge is 0.317 e. The van der Waals surface area contributed by atoms with E-state index >= 15 is 0 Å². The Labute approximate surface area is 130 Å². The highest BCUT2D eigenvalue weighted by atomic mass is 32.2. The third-order valence-corrected chi connectivity index (χ3v) is 6.82. The van der Waals surface area contributed by atoms with Crippen molar-refractivity contribution in [2.45, 2.75) is 57.7 Å². The number of hydrogen-bond donors (Lipinski definition) is 1. The van der Waals surface area contributed by atoms with Crippen LogP contribution in [0.2, 0.25) is 0 Å². The van der Waals surface area contributed by atoms with E-state index < -0.39 is 0 Å². The molecule has 1 saturated heterocycles. The fourth-order valence-corrected chi connectivity index (χ4v) is 5.23. The maximum absolute atomic E-state index is 3.60. The van der Waals surface area contributed by atoms with Crippen LogP contribution in [0.3, 0.4) is 0 Å². The highest BCUT2D eigenvalue weighted by Crippen LogP contribution is 2.36. The molecule has 0 aromatic rings. The van der Waals surface area contributed by atoms with E-state index in [0.29, 0.717) is 4.75 Å². The van der Waals surface area contributed by atoms with E-state index in [1.165, 1.54) is 44.6 Å². The van der Waals surface area contributed by atoms with Crippen molar-refractivity contribution in [3.8, 4) is 0 Å². The van der Waals surface area contributed by atoms with Gasteiger partial charge in [-0.2, -0.15) is 11.8 Å². The fourth-order valence-electron chi connectivity index (χ4n) is 4.09. The minimum atomic E-state index is 0.476. The Morgan fingerprint density at radius 2 is 1.95 bits per heavy atom. The van der Waals surface area contributed by atoms with E-state index in [4.69, 9.17) is 0 Å². The van der Waals surface area contributed by atoms with E-state index in [1.54, 1.807) is 0 Å². The number of nitrogens with one attached hydrogen (secondary N) is 1. The fraction of sp³-hybridized carbons (Fsp3) is 1.00. The smallest absolute Gasteiger partial charge is 0.0116 e. The topological polar surface area (TPSA) is 15.3 Å². The second-order valence-electron chi connectivity index (χ2n) is 7.77. The third-order valence-electron chi connectivity index (χ3n) is 5.45. The second kappa shape index (κ2) is 7.02. The first-order chi connectivity index (χ1) is 9.41. The summed E-state index contributed by atoms with van der Waals surface area (Å²) in [4.78, 5) is 2.74. The first-order valence-electron chi connectivity index (χ1n) is 8.45. The normalized spacial score (nSPS) is 39.5. The predicted octanol–water partition coefficient (Wildman–Crippen LogP) is 3.47. The summed E-state index contributed by atoms with van der Waals surface area (Å²) in [5, 5.41) is 3.60. The molecule has 0 aromatic heterocycles. The number of nitrogens with zero attached hydrogens (tertiary/aromatic N) is 1. The van der Waals surface area contributed by atoms with Crippen molar-refractivity contribution < 1.29 is 0 Å². The van der Waals surface area contributed by atoms with Gasteiger partial charge in [0, 0.05) is 29.6 Å². The summed E-state index contributed by atoms with van der Waals surface area (Å²) in [5.74, 6) is 3.88. The molecule has 2 nitrogen and oxygen atoms in total. The molecule has 118 valence electrons. The molecule has 0 aromatic carbocycles. The number of hydrogen-bond acceptors (Lipinski definition) is 3. The molecule has 20 heavy (non-hydrogen) atoms. The van der Waals surface area contributed by atoms with E-state index in [0.717, 1.165) is 23.8 Å². The standard InChI is InChI=1S/C17H34N2S/c1-13-10-14(2)15(16(11-13)18-5)12-19-7-6-17(3,4)20-9-8-19/h13-16,18H,6-12H2,1-5H3. The van der Waals surface area contributed by atoms with Crippen LogP contribution in [0.25, 0.3) is 0 Å². The molecule has 1 heterocycles. The Hall–Kier alpha value is 0.270. The summed E-state index contributed by atoms with van der Waals surface area (Å²) in [6.45, 7) is 13.6. The lowest BCUT2D eigenvalue weighted by molar-refractivity contribution is 0.107. The molecule has 1 N–H and O–H groups in total. The first kappa shape index (κ1) is 16.6. The zero-order valence-corrected chi connectivity index (χ0v) is 14.9. The number of rotatable bonds is 3. The van der Waals surface area contributed by atoms with Crippen molar-refractivity contribution in [1.29, 1.82) is 0 Å². The Kier molecular flexibility index (Phi) is 5.84. The third kappa shape index (κ3) is 4.38. The van der Waals surface area contributed by atoms with Crippen molar-refractivity contribution in [1.82, 2.24) is 10.2 Å². The van der Waals surface area contributed by atoms with E-state index in [2.05, 4.69) is 56.7 Å². The number of thioether (sulfide) groups is 1.